The predicted octanol–water partition coefficient (Wildman–Crippen LogP) is 2.68. The number of nitrogens with two attached hydrogens (primary N) is 1. The summed E-state index contributed by atoms with van der Waals surface area (Å²) < 4.78 is 5.52. The van der Waals surface area contributed by atoms with E-state index in [0.717, 1.165) is 11.5 Å². The quantitative estimate of drug-likeness (QED) is 0.934. The molecule has 5 nitrogen and oxygen atoms in total. The first-order chi connectivity index (χ1) is 8.97. The molecule has 102 valence electrons. The molecule has 0 unspecified atom stereocenters. The molecule has 2 N–H and O–H groups in total. The first kappa shape index (κ1) is 13.6. The van der Waals surface area contributed by atoms with Crippen LogP contribution >= 0.6 is 11.3 Å². The van der Waals surface area contributed by atoms with Gasteiger partial charge in [-0.25, -0.2) is 4.98 Å². The van der Waals surface area contributed by atoms with E-state index in [4.69, 9.17) is 10.2 Å². The van der Waals surface area contributed by atoms with Crippen molar-refractivity contribution in [3.05, 3.63) is 34.7 Å². The highest BCUT2D eigenvalue weighted by molar-refractivity contribution is 7.13. The zero-order valence-electron chi connectivity index (χ0n) is 11.2. The van der Waals surface area contributed by atoms with Crippen molar-refractivity contribution in [2.75, 3.05) is 5.73 Å². The van der Waals surface area contributed by atoms with Crippen LogP contribution in [0.5, 0.6) is 0 Å². The third kappa shape index (κ3) is 3.14. The minimum atomic E-state index is -0.128. The summed E-state index contributed by atoms with van der Waals surface area (Å²) in [5.74, 6) is 1.48. The van der Waals surface area contributed by atoms with Crippen LogP contribution in [-0.4, -0.2) is 21.8 Å². The fourth-order valence-corrected chi connectivity index (χ4v) is 2.30. The maximum atomic E-state index is 12.4. The van der Waals surface area contributed by atoms with Gasteiger partial charge < -0.3 is 15.1 Å². The van der Waals surface area contributed by atoms with Gasteiger partial charge in [-0.2, -0.15) is 0 Å². The first-order valence-corrected chi connectivity index (χ1v) is 6.92. The van der Waals surface area contributed by atoms with Gasteiger partial charge in [0.1, 0.15) is 17.2 Å². The molecule has 0 atom stereocenters. The maximum absolute atomic E-state index is 12.4. The standard InChI is InChI=1S/C13H17N3O2S/c1-8(2)16(6-10-5-4-9(3)18-10)12(17)11-7-19-13(14)15-11/h4-5,7-8H,6H2,1-3H3,(H2,14,15). The zero-order valence-corrected chi connectivity index (χ0v) is 12.0. The van der Waals surface area contributed by atoms with Gasteiger partial charge in [-0.1, -0.05) is 0 Å². The lowest BCUT2D eigenvalue weighted by Crippen LogP contribution is -2.36. The summed E-state index contributed by atoms with van der Waals surface area (Å²) in [7, 11) is 0. The van der Waals surface area contributed by atoms with Crippen LogP contribution in [0.3, 0.4) is 0 Å². The summed E-state index contributed by atoms with van der Waals surface area (Å²) in [5, 5.41) is 2.08. The van der Waals surface area contributed by atoms with Crippen LogP contribution in [0.2, 0.25) is 0 Å². The van der Waals surface area contributed by atoms with Gasteiger partial charge in [0.2, 0.25) is 0 Å². The monoisotopic (exact) mass is 279 g/mol. The molecule has 0 bridgehead atoms. The van der Waals surface area contributed by atoms with E-state index in [1.807, 2.05) is 32.9 Å². The second-order valence-electron chi connectivity index (χ2n) is 4.61. The topological polar surface area (TPSA) is 72.4 Å². The smallest absolute Gasteiger partial charge is 0.274 e. The lowest BCUT2D eigenvalue weighted by Gasteiger charge is -2.24. The number of hydrogen-bond acceptors (Lipinski definition) is 5. The van der Waals surface area contributed by atoms with E-state index in [9.17, 15) is 4.79 Å². The Labute approximate surface area is 116 Å². The van der Waals surface area contributed by atoms with Gasteiger partial charge >= 0.3 is 0 Å². The fourth-order valence-electron chi connectivity index (χ4n) is 1.76. The Morgan fingerprint density at radius 3 is 2.74 bits per heavy atom. The summed E-state index contributed by atoms with van der Waals surface area (Å²) in [4.78, 5) is 18.1. The van der Waals surface area contributed by atoms with Crippen molar-refractivity contribution >= 4 is 22.4 Å². The Bertz CT molecular complexity index is 574. The van der Waals surface area contributed by atoms with Crippen molar-refractivity contribution in [3.8, 4) is 0 Å². The number of nitrogens with zero attached hydrogens (tertiary/aromatic N) is 2. The minimum absolute atomic E-state index is 0.0563. The SMILES string of the molecule is Cc1ccc(CN(C(=O)c2csc(N)n2)C(C)C)o1. The van der Waals surface area contributed by atoms with Crippen molar-refractivity contribution in [3.63, 3.8) is 0 Å². The van der Waals surface area contributed by atoms with Crippen molar-refractivity contribution in [1.82, 2.24) is 9.88 Å². The molecular formula is C13H17N3O2S. The predicted molar refractivity (Wildman–Crippen MR) is 75.0 cm³/mol. The third-order valence-electron chi connectivity index (χ3n) is 2.75. The summed E-state index contributed by atoms with van der Waals surface area (Å²) in [6.07, 6.45) is 0. The molecular weight excluding hydrogens is 262 g/mol. The molecule has 19 heavy (non-hydrogen) atoms. The molecule has 6 heteroatoms. The molecule has 2 aromatic rings. The number of furan rings is 1. The third-order valence-corrected chi connectivity index (χ3v) is 3.42. The largest absolute Gasteiger partial charge is 0.464 e. The lowest BCUT2D eigenvalue weighted by atomic mass is 10.2. The van der Waals surface area contributed by atoms with Crippen molar-refractivity contribution in [2.45, 2.75) is 33.4 Å². The van der Waals surface area contributed by atoms with Gasteiger partial charge in [0.15, 0.2) is 5.13 Å². The van der Waals surface area contributed by atoms with E-state index in [-0.39, 0.29) is 11.9 Å². The highest BCUT2D eigenvalue weighted by Gasteiger charge is 2.22. The van der Waals surface area contributed by atoms with E-state index in [0.29, 0.717) is 17.4 Å². The van der Waals surface area contributed by atoms with Gasteiger partial charge in [-0.15, -0.1) is 11.3 Å². The fraction of sp³-hybridized carbons (Fsp3) is 0.385. The van der Waals surface area contributed by atoms with Gasteiger partial charge in [0.05, 0.1) is 6.54 Å². The summed E-state index contributed by atoms with van der Waals surface area (Å²) in [6.45, 7) is 6.24. The van der Waals surface area contributed by atoms with Crippen LogP contribution < -0.4 is 5.73 Å². The molecule has 0 fully saturated rings. The highest BCUT2D eigenvalue weighted by atomic mass is 32.1. The Morgan fingerprint density at radius 2 is 2.26 bits per heavy atom. The number of aryl methyl sites for hydroxylation is 1. The van der Waals surface area contributed by atoms with E-state index >= 15 is 0 Å². The molecule has 0 aliphatic rings. The number of hydrogen-bond donors (Lipinski definition) is 1. The van der Waals surface area contributed by atoms with Crippen LogP contribution in [0.1, 0.15) is 35.9 Å². The summed E-state index contributed by atoms with van der Waals surface area (Å²) >= 11 is 1.27. The first-order valence-electron chi connectivity index (χ1n) is 6.04. The Balaban J connectivity index is 2.18. The van der Waals surface area contributed by atoms with Gasteiger partial charge in [-0.3, -0.25) is 4.79 Å². The van der Waals surface area contributed by atoms with Crippen LogP contribution in [0.25, 0.3) is 0 Å². The maximum Gasteiger partial charge on any atom is 0.274 e. The molecule has 2 aromatic heterocycles. The van der Waals surface area contributed by atoms with E-state index < -0.39 is 0 Å². The molecule has 1 amide bonds. The average Bonchev–Trinajstić information content (AvgIpc) is 2.94. The molecule has 0 spiro atoms. The molecule has 0 aliphatic heterocycles. The minimum Gasteiger partial charge on any atom is -0.464 e. The number of anilines is 1. The van der Waals surface area contributed by atoms with E-state index in [1.165, 1.54) is 11.3 Å². The number of carbonyl (C=O) groups excluding carboxylic acids is 1. The van der Waals surface area contributed by atoms with Crippen LogP contribution in [-0.2, 0) is 6.54 Å². The molecule has 0 saturated heterocycles. The second kappa shape index (κ2) is 5.44. The summed E-state index contributed by atoms with van der Waals surface area (Å²) in [5.41, 5.74) is 5.96. The Morgan fingerprint density at radius 1 is 1.53 bits per heavy atom. The van der Waals surface area contributed by atoms with Crippen molar-refractivity contribution in [1.29, 1.82) is 0 Å². The molecule has 0 aliphatic carbocycles. The number of rotatable bonds is 4. The second-order valence-corrected chi connectivity index (χ2v) is 5.50. The number of carbonyl (C=O) groups is 1. The van der Waals surface area contributed by atoms with Gasteiger partial charge in [-0.05, 0) is 32.9 Å². The average molecular weight is 279 g/mol. The van der Waals surface area contributed by atoms with Crippen LogP contribution in [0, 0.1) is 6.92 Å². The number of amides is 1. The normalized spacial score (nSPS) is 10.9. The Kier molecular flexibility index (Phi) is 3.90. The van der Waals surface area contributed by atoms with Crippen LogP contribution in [0.4, 0.5) is 5.13 Å². The zero-order chi connectivity index (χ0) is 14.0. The number of aromatic nitrogens is 1. The van der Waals surface area contributed by atoms with E-state index in [1.54, 1.807) is 10.3 Å². The summed E-state index contributed by atoms with van der Waals surface area (Å²) in [6, 6.07) is 3.83. The van der Waals surface area contributed by atoms with Crippen molar-refractivity contribution in [2.24, 2.45) is 0 Å². The number of thiazole rings is 1. The Hall–Kier alpha value is -1.82. The highest BCUT2D eigenvalue weighted by Crippen LogP contribution is 2.17. The van der Waals surface area contributed by atoms with Gasteiger partial charge in [0.25, 0.3) is 5.91 Å². The van der Waals surface area contributed by atoms with E-state index in [2.05, 4.69) is 4.98 Å². The molecule has 2 heterocycles. The van der Waals surface area contributed by atoms with Crippen molar-refractivity contribution < 1.29 is 9.21 Å². The van der Waals surface area contributed by atoms with Gasteiger partial charge in [0, 0.05) is 11.4 Å². The molecule has 0 radical (unpaired) electrons. The number of nitrogen functional groups attached to an aromatic ring is 1. The molecule has 0 aromatic carbocycles. The lowest BCUT2D eigenvalue weighted by molar-refractivity contribution is 0.0670. The van der Waals surface area contributed by atoms with Crippen LogP contribution in [0.15, 0.2) is 21.9 Å². The molecule has 0 saturated carbocycles. The molecule has 2 rings (SSSR count).